The molecule has 4 aromatic rings. The zero-order valence-corrected chi connectivity index (χ0v) is 22.1. The van der Waals surface area contributed by atoms with E-state index < -0.39 is 55.2 Å². The molecule has 8 nitrogen and oxygen atoms in total. The minimum Gasteiger partial charge on any atom is -0.345 e. The molecule has 0 atom stereocenters. The summed E-state index contributed by atoms with van der Waals surface area (Å²) < 4.78 is 102. The topological polar surface area (TPSA) is 74.9 Å². The zero-order valence-electron chi connectivity index (χ0n) is 22.1. The van der Waals surface area contributed by atoms with Gasteiger partial charge in [0.25, 0.3) is 11.8 Å². The lowest BCUT2D eigenvalue weighted by molar-refractivity contribution is -0.340. The molecule has 7 rings (SSSR count). The molecule has 3 aliphatic heterocycles. The van der Waals surface area contributed by atoms with Gasteiger partial charge in [0.05, 0.1) is 48.3 Å². The summed E-state index contributed by atoms with van der Waals surface area (Å²) in [5, 5.41) is 2.61. The van der Waals surface area contributed by atoms with Gasteiger partial charge >= 0.3 is 17.8 Å². The Balaban J connectivity index is 1.28. The summed E-state index contributed by atoms with van der Waals surface area (Å²) >= 11 is 0. The average molecular weight is 607 g/mol. The van der Waals surface area contributed by atoms with E-state index in [0.717, 1.165) is 0 Å². The largest absolute Gasteiger partial charge is 0.374 e. The molecule has 0 spiro atoms. The summed E-state index contributed by atoms with van der Waals surface area (Å²) in [7, 11) is 0. The van der Waals surface area contributed by atoms with E-state index in [1.807, 2.05) is 0 Å². The molecular formula is C28H21F7N6O2. The van der Waals surface area contributed by atoms with Crippen LogP contribution in [-0.4, -0.2) is 79.6 Å². The number of nitrogens with one attached hydrogen (secondary N) is 1. The Morgan fingerprint density at radius 3 is 2.37 bits per heavy atom. The van der Waals surface area contributed by atoms with Crippen molar-refractivity contribution in [2.24, 2.45) is 0 Å². The standard InChI is InChI=1S/C28H21F7N6O2/c29-16-7-15-10-38(14-39-12-26(30,31)28(34,35)27(32,33)13-39)5-6-40-11-18(17(8-16)23(15)40)21-22(25(43)37-24(21)42)19-9-36-20-3-1-2-4-41(19)20/h1-4,7-9,11H,5-6,10,12-14H2,(H,37,42,43). The highest BCUT2D eigenvalue weighted by atomic mass is 19.3. The molecular weight excluding hydrogens is 585 g/mol. The highest BCUT2D eigenvalue weighted by Crippen LogP contribution is 2.49. The molecule has 43 heavy (non-hydrogen) atoms. The Kier molecular flexibility index (Phi) is 5.86. The van der Waals surface area contributed by atoms with Gasteiger partial charge in [-0.05, 0) is 29.8 Å². The van der Waals surface area contributed by atoms with Crippen LogP contribution in [0.5, 0.6) is 0 Å². The third-order valence-corrected chi connectivity index (χ3v) is 8.10. The minimum absolute atomic E-state index is 0.0205. The summed E-state index contributed by atoms with van der Waals surface area (Å²) in [6, 6.07) is 7.63. The van der Waals surface area contributed by atoms with E-state index in [0.29, 0.717) is 32.7 Å². The number of likely N-dealkylation sites (tertiary alicyclic amines) is 1. The Hall–Kier alpha value is -4.24. The van der Waals surface area contributed by atoms with Crippen molar-refractivity contribution in [2.45, 2.75) is 30.9 Å². The number of imidazole rings is 1. The van der Waals surface area contributed by atoms with Crippen LogP contribution in [0.3, 0.4) is 0 Å². The molecule has 1 fully saturated rings. The Bertz CT molecular complexity index is 1860. The smallest absolute Gasteiger partial charge is 0.345 e. The van der Waals surface area contributed by atoms with Crippen LogP contribution in [0.15, 0.2) is 48.9 Å². The van der Waals surface area contributed by atoms with Crippen molar-refractivity contribution < 1.29 is 40.3 Å². The van der Waals surface area contributed by atoms with Crippen molar-refractivity contribution >= 4 is 39.5 Å². The summed E-state index contributed by atoms with van der Waals surface area (Å²) in [6.45, 7) is -3.42. The number of hydrogen-bond acceptors (Lipinski definition) is 5. The first kappa shape index (κ1) is 27.6. The third-order valence-electron chi connectivity index (χ3n) is 8.10. The van der Waals surface area contributed by atoms with E-state index in [1.165, 1.54) is 23.2 Å². The molecule has 1 N–H and O–H groups in total. The average Bonchev–Trinajstić information content (AvgIpc) is 3.54. The normalized spacial score (nSPS) is 22.0. The van der Waals surface area contributed by atoms with Crippen molar-refractivity contribution in [3.05, 3.63) is 71.6 Å². The van der Waals surface area contributed by atoms with Crippen LogP contribution in [0.25, 0.3) is 27.7 Å². The predicted octanol–water partition coefficient (Wildman–Crippen LogP) is 3.99. The Morgan fingerprint density at radius 2 is 1.63 bits per heavy atom. The van der Waals surface area contributed by atoms with E-state index >= 15 is 4.39 Å². The van der Waals surface area contributed by atoms with Crippen molar-refractivity contribution in [2.75, 3.05) is 26.3 Å². The summed E-state index contributed by atoms with van der Waals surface area (Å²) in [5.41, 5.74) is 2.10. The maximum Gasteiger partial charge on any atom is 0.374 e. The fraction of sp³-hybridized carbons (Fsp3) is 0.321. The van der Waals surface area contributed by atoms with E-state index in [-0.39, 0.29) is 36.3 Å². The summed E-state index contributed by atoms with van der Waals surface area (Å²) in [4.78, 5) is 32.5. The number of rotatable bonds is 4. The molecule has 2 amide bonds. The summed E-state index contributed by atoms with van der Waals surface area (Å²) in [6.07, 6.45) is 4.72. The fourth-order valence-electron chi connectivity index (χ4n) is 6.22. The van der Waals surface area contributed by atoms with Gasteiger partial charge < -0.3 is 4.57 Å². The quantitative estimate of drug-likeness (QED) is 0.281. The van der Waals surface area contributed by atoms with Gasteiger partial charge in [-0.2, -0.15) is 26.3 Å². The molecule has 0 unspecified atom stereocenters. The van der Waals surface area contributed by atoms with Crippen LogP contribution in [0, 0.1) is 5.82 Å². The molecule has 0 saturated carbocycles. The maximum atomic E-state index is 15.0. The highest BCUT2D eigenvalue weighted by molar-refractivity contribution is 6.49. The van der Waals surface area contributed by atoms with Gasteiger partial charge in [0.2, 0.25) is 0 Å². The van der Waals surface area contributed by atoms with Crippen LogP contribution in [0.1, 0.15) is 16.8 Å². The first-order valence-electron chi connectivity index (χ1n) is 13.2. The van der Waals surface area contributed by atoms with Gasteiger partial charge in [-0.25, -0.2) is 9.37 Å². The van der Waals surface area contributed by atoms with Crippen LogP contribution in [0.2, 0.25) is 0 Å². The van der Waals surface area contributed by atoms with Crippen LogP contribution < -0.4 is 5.32 Å². The molecule has 1 saturated heterocycles. The van der Waals surface area contributed by atoms with Gasteiger partial charge in [0.15, 0.2) is 0 Å². The number of benzene rings is 1. The van der Waals surface area contributed by atoms with Crippen LogP contribution >= 0.6 is 0 Å². The van der Waals surface area contributed by atoms with Crippen molar-refractivity contribution in [3.8, 4) is 0 Å². The van der Waals surface area contributed by atoms with E-state index in [9.17, 15) is 35.9 Å². The molecule has 3 aromatic heterocycles. The number of alkyl halides is 6. The van der Waals surface area contributed by atoms with E-state index in [4.69, 9.17) is 0 Å². The number of hydrogen-bond donors (Lipinski definition) is 1. The first-order valence-corrected chi connectivity index (χ1v) is 13.2. The number of fused-ring (bicyclic) bond motifs is 1. The lowest BCUT2D eigenvalue weighted by Crippen LogP contribution is -2.68. The molecule has 1 aromatic carbocycles. The Labute approximate surface area is 238 Å². The van der Waals surface area contributed by atoms with Gasteiger partial charge in [-0.3, -0.25) is 29.1 Å². The molecule has 0 radical (unpaired) electrons. The lowest BCUT2D eigenvalue weighted by atomic mass is 9.98. The third kappa shape index (κ3) is 4.08. The molecule has 0 bridgehead atoms. The monoisotopic (exact) mass is 606 g/mol. The first-order chi connectivity index (χ1) is 20.3. The second-order valence-electron chi connectivity index (χ2n) is 11.0. The second kappa shape index (κ2) is 9.13. The molecule has 0 aliphatic carbocycles. The highest BCUT2D eigenvalue weighted by Gasteiger charge is 2.74. The number of amides is 2. The van der Waals surface area contributed by atoms with Crippen LogP contribution in [-0.2, 0) is 22.7 Å². The number of nitrogens with zero attached hydrogens (tertiary/aromatic N) is 5. The number of imide groups is 1. The number of pyridine rings is 1. The zero-order chi connectivity index (χ0) is 30.5. The molecule has 15 heteroatoms. The van der Waals surface area contributed by atoms with E-state index in [1.54, 1.807) is 39.6 Å². The lowest BCUT2D eigenvalue weighted by Gasteiger charge is -2.44. The SMILES string of the molecule is O=C1NC(=O)C(c2cnc3ccccn23)=C1c1cn2c3c(cc(F)cc13)CN(CN1CC(F)(F)C(F)(F)C(F)(F)C1)CC2. The number of piperidine rings is 1. The van der Waals surface area contributed by atoms with Crippen molar-refractivity contribution in [3.63, 3.8) is 0 Å². The molecule has 3 aliphatic rings. The molecule has 6 heterocycles. The predicted molar refractivity (Wildman–Crippen MR) is 139 cm³/mol. The van der Waals surface area contributed by atoms with Gasteiger partial charge in [0, 0.05) is 43.0 Å². The maximum absolute atomic E-state index is 15.0. The van der Waals surface area contributed by atoms with Gasteiger partial charge in [-0.1, -0.05) is 6.07 Å². The number of carbonyl (C=O) groups excluding carboxylic acids is 2. The Morgan fingerprint density at radius 1 is 0.907 bits per heavy atom. The van der Waals surface area contributed by atoms with Gasteiger partial charge in [-0.15, -0.1) is 0 Å². The second-order valence-corrected chi connectivity index (χ2v) is 11.0. The van der Waals surface area contributed by atoms with Crippen molar-refractivity contribution in [1.29, 1.82) is 0 Å². The van der Waals surface area contributed by atoms with Crippen LogP contribution in [0.4, 0.5) is 30.7 Å². The van der Waals surface area contributed by atoms with Gasteiger partial charge in [0.1, 0.15) is 11.5 Å². The fourth-order valence-corrected chi connectivity index (χ4v) is 6.22. The minimum atomic E-state index is -5.48. The van der Waals surface area contributed by atoms with E-state index in [2.05, 4.69) is 10.3 Å². The number of aromatic nitrogens is 3. The molecule has 224 valence electrons. The summed E-state index contributed by atoms with van der Waals surface area (Å²) in [5.74, 6) is -17.4. The number of carbonyl (C=O) groups is 2. The number of halogens is 7. The van der Waals surface area contributed by atoms with Crippen molar-refractivity contribution in [1.82, 2.24) is 29.1 Å².